The number of nitrogens with one attached hydrogen (secondary N) is 2. The first-order valence-electron chi connectivity index (χ1n) is 11.1. The van der Waals surface area contributed by atoms with E-state index in [1.165, 1.54) is 11.1 Å². The van der Waals surface area contributed by atoms with Gasteiger partial charge in [-0.3, -0.25) is 4.90 Å². The Kier molecular flexibility index (Phi) is 7.53. The molecule has 1 aliphatic heterocycles. The van der Waals surface area contributed by atoms with E-state index in [1.807, 2.05) is 6.20 Å². The smallest absolute Gasteiger partial charge is 0.216 e. The Hall–Kier alpha value is -2.34. The first-order valence-corrected chi connectivity index (χ1v) is 11.1. The number of aromatic nitrogens is 1. The van der Waals surface area contributed by atoms with Gasteiger partial charge in [0, 0.05) is 37.6 Å². The van der Waals surface area contributed by atoms with Gasteiger partial charge in [0.1, 0.15) is 12.3 Å². The molecule has 2 heterocycles. The Labute approximate surface area is 181 Å². The highest BCUT2D eigenvalue weighted by Crippen LogP contribution is 2.23. The van der Waals surface area contributed by atoms with Crippen molar-refractivity contribution in [2.24, 2.45) is 4.99 Å². The maximum atomic E-state index is 5.87. The minimum Gasteiger partial charge on any atom is -0.443 e. The van der Waals surface area contributed by atoms with Crippen LogP contribution in [-0.4, -0.2) is 41.5 Å². The first kappa shape index (κ1) is 22.3. The highest BCUT2D eigenvalue weighted by atomic mass is 16.4. The maximum absolute atomic E-state index is 5.87. The molecule has 2 aromatic rings. The number of piperidine rings is 1. The van der Waals surface area contributed by atoms with Gasteiger partial charge in [-0.15, -0.1) is 0 Å². The lowest BCUT2D eigenvalue weighted by molar-refractivity contribution is 0.198. The summed E-state index contributed by atoms with van der Waals surface area (Å²) in [4.78, 5) is 11.6. The molecule has 1 aliphatic rings. The van der Waals surface area contributed by atoms with E-state index in [4.69, 9.17) is 9.41 Å². The largest absolute Gasteiger partial charge is 0.443 e. The van der Waals surface area contributed by atoms with E-state index in [-0.39, 0.29) is 5.41 Å². The fraction of sp³-hybridized carbons (Fsp3) is 0.583. The van der Waals surface area contributed by atoms with E-state index in [9.17, 15) is 0 Å². The molecular formula is C24H37N5O. The summed E-state index contributed by atoms with van der Waals surface area (Å²) < 4.78 is 5.87. The number of hydrogen-bond donors (Lipinski definition) is 2. The molecular weight excluding hydrogens is 374 g/mol. The number of aliphatic imine (C=N–C) groups is 1. The van der Waals surface area contributed by atoms with Crippen molar-refractivity contribution in [3.63, 3.8) is 0 Å². The van der Waals surface area contributed by atoms with E-state index in [2.05, 4.69) is 79.4 Å². The Bertz CT molecular complexity index is 828. The Morgan fingerprint density at radius 2 is 1.97 bits per heavy atom. The zero-order chi connectivity index (χ0) is 21.6. The Morgan fingerprint density at radius 1 is 1.23 bits per heavy atom. The number of oxazole rings is 1. The number of benzene rings is 1. The van der Waals surface area contributed by atoms with Crippen LogP contribution in [0, 0.1) is 6.92 Å². The summed E-state index contributed by atoms with van der Waals surface area (Å²) in [6, 6.07) is 9.11. The van der Waals surface area contributed by atoms with Crippen LogP contribution in [0.2, 0.25) is 0 Å². The quantitative estimate of drug-likeness (QED) is 0.556. The summed E-state index contributed by atoms with van der Waals surface area (Å²) in [5.41, 5.74) is 2.77. The van der Waals surface area contributed by atoms with E-state index in [0.717, 1.165) is 50.7 Å². The highest BCUT2D eigenvalue weighted by Gasteiger charge is 2.21. The van der Waals surface area contributed by atoms with Crippen molar-refractivity contribution in [1.29, 1.82) is 0 Å². The lowest BCUT2D eigenvalue weighted by Gasteiger charge is -2.33. The van der Waals surface area contributed by atoms with Crippen molar-refractivity contribution in [3.05, 3.63) is 53.2 Å². The minimum atomic E-state index is -0.0377. The molecule has 0 amide bonds. The Morgan fingerprint density at radius 3 is 2.60 bits per heavy atom. The third kappa shape index (κ3) is 6.33. The van der Waals surface area contributed by atoms with E-state index >= 15 is 0 Å². The molecule has 1 aromatic heterocycles. The number of guanidine groups is 1. The van der Waals surface area contributed by atoms with Crippen molar-refractivity contribution in [1.82, 2.24) is 20.5 Å². The van der Waals surface area contributed by atoms with Gasteiger partial charge < -0.3 is 15.1 Å². The number of rotatable bonds is 6. The van der Waals surface area contributed by atoms with E-state index in [0.29, 0.717) is 18.5 Å². The summed E-state index contributed by atoms with van der Waals surface area (Å²) in [7, 11) is 0. The van der Waals surface area contributed by atoms with Crippen LogP contribution in [0.3, 0.4) is 0 Å². The van der Waals surface area contributed by atoms with Gasteiger partial charge in [-0.25, -0.2) is 9.98 Å². The number of nitrogens with zero attached hydrogens (tertiary/aromatic N) is 3. The summed E-state index contributed by atoms with van der Waals surface area (Å²) >= 11 is 0. The van der Waals surface area contributed by atoms with Gasteiger partial charge in [0.25, 0.3) is 0 Å². The van der Waals surface area contributed by atoms with Gasteiger partial charge >= 0.3 is 0 Å². The predicted molar refractivity (Wildman–Crippen MR) is 123 cm³/mol. The third-order valence-corrected chi connectivity index (χ3v) is 5.59. The topological polar surface area (TPSA) is 65.7 Å². The number of hydrogen-bond acceptors (Lipinski definition) is 4. The van der Waals surface area contributed by atoms with Gasteiger partial charge in [-0.1, -0.05) is 45.0 Å². The molecule has 0 atom stereocenters. The second kappa shape index (κ2) is 10.1. The standard InChI is InChI=1S/C24H37N5O/c1-6-25-23(27-16-22-26-15-21(30-22)24(3,4)5)28-20-11-13-29(14-12-20)17-19-10-8-7-9-18(19)2/h7-10,15,20H,6,11-14,16-17H2,1-5H3,(H2,25,27,28). The van der Waals surface area contributed by atoms with E-state index in [1.54, 1.807) is 0 Å². The number of aryl methyl sites for hydroxylation is 1. The minimum absolute atomic E-state index is 0.0377. The molecule has 0 radical (unpaired) electrons. The molecule has 0 unspecified atom stereocenters. The lowest BCUT2D eigenvalue weighted by Crippen LogP contribution is -2.48. The van der Waals surface area contributed by atoms with Gasteiger partial charge in [0.05, 0.1) is 6.20 Å². The molecule has 0 bridgehead atoms. The monoisotopic (exact) mass is 411 g/mol. The van der Waals surface area contributed by atoms with Gasteiger partial charge in [-0.05, 0) is 37.8 Å². The summed E-state index contributed by atoms with van der Waals surface area (Å²) in [5, 5.41) is 6.95. The number of likely N-dealkylation sites (tertiary alicyclic amines) is 1. The van der Waals surface area contributed by atoms with Crippen LogP contribution in [0.4, 0.5) is 0 Å². The fourth-order valence-corrected chi connectivity index (χ4v) is 3.65. The van der Waals surface area contributed by atoms with Crippen molar-refractivity contribution >= 4 is 5.96 Å². The summed E-state index contributed by atoms with van der Waals surface area (Å²) in [6.45, 7) is 15.2. The molecule has 0 spiro atoms. The molecule has 164 valence electrons. The van der Waals surface area contributed by atoms with Gasteiger partial charge in [0.2, 0.25) is 5.89 Å². The highest BCUT2D eigenvalue weighted by molar-refractivity contribution is 5.80. The van der Waals surface area contributed by atoms with Crippen LogP contribution in [0.5, 0.6) is 0 Å². The van der Waals surface area contributed by atoms with Crippen molar-refractivity contribution in [3.8, 4) is 0 Å². The molecule has 3 rings (SSSR count). The normalized spacial score (nSPS) is 16.6. The van der Waals surface area contributed by atoms with Crippen molar-refractivity contribution in [2.75, 3.05) is 19.6 Å². The summed E-state index contributed by atoms with van der Waals surface area (Å²) in [6.07, 6.45) is 4.04. The predicted octanol–water partition coefficient (Wildman–Crippen LogP) is 4.00. The Balaban J connectivity index is 1.51. The maximum Gasteiger partial charge on any atom is 0.216 e. The zero-order valence-electron chi connectivity index (χ0n) is 19.2. The van der Waals surface area contributed by atoms with Crippen LogP contribution < -0.4 is 10.6 Å². The first-order chi connectivity index (χ1) is 14.3. The van der Waals surface area contributed by atoms with Crippen LogP contribution in [-0.2, 0) is 18.5 Å². The van der Waals surface area contributed by atoms with Gasteiger partial charge in [-0.2, -0.15) is 0 Å². The lowest BCUT2D eigenvalue weighted by atomic mass is 9.94. The van der Waals surface area contributed by atoms with E-state index < -0.39 is 0 Å². The van der Waals surface area contributed by atoms with Crippen molar-refractivity contribution in [2.45, 2.75) is 72.0 Å². The molecule has 1 fully saturated rings. The second-order valence-corrected chi connectivity index (χ2v) is 9.18. The molecule has 6 nitrogen and oxygen atoms in total. The molecule has 6 heteroatoms. The van der Waals surface area contributed by atoms with Gasteiger partial charge in [0.15, 0.2) is 5.96 Å². The zero-order valence-corrected chi connectivity index (χ0v) is 19.2. The van der Waals surface area contributed by atoms with Crippen LogP contribution >= 0.6 is 0 Å². The molecule has 1 saturated heterocycles. The average Bonchev–Trinajstić information content (AvgIpc) is 3.19. The van der Waals surface area contributed by atoms with Crippen LogP contribution in [0.15, 0.2) is 39.9 Å². The fourth-order valence-electron chi connectivity index (χ4n) is 3.65. The van der Waals surface area contributed by atoms with Crippen LogP contribution in [0.1, 0.15) is 63.3 Å². The molecule has 2 N–H and O–H groups in total. The molecule has 0 saturated carbocycles. The average molecular weight is 412 g/mol. The van der Waals surface area contributed by atoms with Crippen LogP contribution in [0.25, 0.3) is 0 Å². The molecule has 30 heavy (non-hydrogen) atoms. The molecule has 1 aromatic carbocycles. The third-order valence-electron chi connectivity index (χ3n) is 5.59. The summed E-state index contributed by atoms with van der Waals surface area (Å²) in [5.74, 6) is 2.39. The second-order valence-electron chi connectivity index (χ2n) is 9.18. The SMILES string of the molecule is CCNC(=NCc1ncc(C(C)(C)C)o1)NC1CCN(Cc2ccccc2C)CC1. The molecule has 0 aliphatic carbocycles. The van der Waals surface area contributed by atoms with Crippen molar-refractivity contribution < 1.29 is 4.42 Å².